The third-order valence-corrected chi connectivity index (χ3v) is 2.63. The summed E-state index contributed by atoms with van der Waals surface area (Å²) >= 11 is 4.64. The molecule has 19 heavy (non-hydrogen) atoms. The fraction of sp³-hybridized carbons (Fsp3) is 0.462. The molecule has 1 rings (SSSR count). The first-order chi connectivity index (χ1) is 8.50. The van der Waals surface area contributed by atoms with E-state index in [0.29, 0.717) is 12.2 Å². The van der Waals surface area contributed by atoms with Crippen LogP contribution in [0.1, 0.15) is 31.9 Å². The number of nitrogens with one attached hydrogen (secondary N) is 1. The maximum absolute atomic E-state index is 12.9. The molecule has 0 saturated carbocycles. The van der Waals surface area contributed by atoms with Gasteiger partial charge in [-0.05, 0) is 23.6 Å². The van der Waals surface area contributed by atoms with Gasteiger partial charge in [-0.3, -0.25) is 0 Å². The Morgan fingerprint density at radius 2 is 1.84 bits per heavy atom. The number of benzene rings is 1. The fourth-order valence-electron chi connectivity index (χ4n) is 1.47. The van der Waals surface area contributed by atoms with Crippen LogP contribution in [0.4, 0.5) is 18.9 Å². The van der Waals surface area contributed by atoms with Gasteiger partial charge in [0, 0.05) is 17.8 Å². The van der Waals surface area contributed by atoms with Crippen molar-refractivity contribution >= 4 is 22.9 Å². The van der Waals surface area contributed by atoms with Crippen LogP contribution in [0.25, 0.3) is 0 Å². The Morgan fingerprint density at radius 1 is 1.26 bits per heavy atom. The zero-order valence-corrected chi connectivity index (χ0v) is 11.9. The molecule has 0 amide bonds. The van der Waals surface area contributed by atoms with Crippen LogP contribution in [0, 0.1) is 5.41 Å². The molecule has 1 aromatic carbocycles. The molecule has 0 bridgehead atoms. The Labute approximate surface area is 116 Å². The second-order valence-electron chi connectivity index (χ2n) is 5.54. The van der Waals surface area contributed by atoms with Gasteiger partial charge in [0.25, 0.3) is 0 Å². The zero-order valence-electron chi connectivity index (χ0n) is 11.1. The van der Waals surface area contributed by atoms with Crippen LogP contribution in [0.2, 0.25) is 0 Å². The molecule has 0 aliphatic carbocycles. The highest BCUT2D eigenvalue weighted by Crippen LogP contribution is 2.34. The number of nitrogens with two attached hydrogens (primary N) is 1. The molecule has 0 aliphatic rings. The van der Waals surface area contributed by atoms with Crippen LogP contribution in [-0.4, -0.2) is 11.5 Å². The van der Waals surface area contributed by atoms with Crippen LogP contribution in [0.3, 0.4) is 0 Å². The molecule has 6 heteroatoms. The van der Waals surface area contributed by atoms with Gasteiger partial charge in [0.1, 0.15) is 4.99 Å². The van der Waals surface area contributed by atoms with Gasteiger partial charge in [0.05, 0.1) is 5.56 Å². The summed E-state index contributed by atoms with van der Waals surface area (Å²) in [6.45, 7) is 6.55. The topological polar surface area (TPSA) is 38.0 Å². The van der Waals surface area contributed by atoms with Gasteiger partial charge in [0.15, 0.2) is 0 Å². The van der Waals surface area contributed by atoms with Crippen LogP contribution < -0.4 is 11.1 Å². The summed E-state index contributed by atoms with van der Waals surface area (Å²) in [7, 11) is 0. The lowest BCUT2D eigenvalue weighted by Crippen LogP contribution is -2.21. The molecular weight excluding hydrogens is 273 g/mol. The van der Waals surface area contributed by atoms with Crippen molar-refractivity contribution in [2.75, 3.05) is 11.9 Å². The van der Waals surface area contributed by atoms with Gasteiger partial charge >= 0.3 is 6.18 Å². The third-order valence-electron chi connectivity index (χ3n) is 2.41. The number of alkyl halides is 3. The lowest BCUT2D eigenvalue weighted by molar-refractivity contribution is -0.137. The van der Waals surface area contributed by atoms with Crippen molar-refractivity contribution in [2.45, 2.75) is 26.9 Å². The van der Waals surface area contributed by atoms with E-state index in [9.17, 15) is 13.2 Å². The van der Waals surface area contributed by atoms with Crippen LogP contribution >= 0.6 is 12.2 Å². The highest BCUT2D eigenvalue weighted by molar-refractivity contribution is 7.80. The first kappa shape index (κ1) is 15.8. The third kappa shape index (κ3) is 4.70. The van der Waals surface area contributed by atoms with Gasteiger partial charge < -0.3 is 11.1 Å². The van der Waals surface area contributed by atoms with E-state index in [-0.39, 0.29) is 16.0 Å². The molecule has 0 aromatic heterocycles. The van der Waals surface area contributed by atoms with Crippen molar-refractivity contribution in [1.82, 2.24) is 0 Å². The van der Waals surface area contributed by atoms with E-state index in [1.165, 1.54) is 6.07 Å². The molecule has 2 nitrogen and oxygen atoms in total. The predicted molar refractivity (Wildman–Crippen MR) is 75.3 cm³/mol. The first-order valence-electron chi connectivity index (χ1n) is 5.75. The minimum absolute atomic E-state index is 0.0275. The Morgan fingerprint density at radius 3 is 2.26 bits per heavy atom. The molecule has 0 spiro atoms. The largest absolute Gasteiger partial charge is 0.417 e. The fourth-order valence-corrected chi connectivity index (χ4v) is 1.65. The SMILES string of the molecule is CC(C)(C)CNc1ccc(C(N)=S)c(C(F)(F)F)c1. The quantitative estimate of drug-likeness (QED) is 0.832. The molecule has 0 aliphatic heterocycles. The van der Waals surface area contributed by atoms with Gasteiger partial charge in [-0.2, -0.15) is 13.2 Å². The van der Waals surface area contributed by atoms with Gasteiger partial charge in [-0.1, -0.05) is 33.0 Å². The van der Waals surface area contributed by atoms with Crippen molar-refractivity contribution in [3.05, 3.63) is 29.3 Å². The maximum Gasteiger partial charge on any atom is 0.417 e. The normalized spacial score (nSPS) is 12.3. The summed E-state index contributed by atoms with van der Waals surface area (Å²) in [6.07, 6.45) is -4.47. The van der Waals surface area contributed by atoms with Crippen molar-refractivity contribution < 1.29 is 13.2 Å². The van der Waals surface area contributed by atoms with E-state index >= 15 is 0 Å². The lowest BCUT2D eigenvalue weighted by Gasteiger charge is -2.21. The average Bonchev–Trinajstić information content (AvgIpc) is 2.23. The minimum atomic E-state index is -4.47. The standard InChI is InChI=1S/C13H17F3N2S/c1-12(2,3)7-18-8-4-5-9(11(17)19)10(6-8)13(14,15)16/h4-6,18H,7H2,1-3H3,(H2,17,19). The summed E-state index contributed by atoms with van der Waals surface area (Å²) in [5.74, 6) is 0. The predicted octanol–water partition coefficient (Wildman–Crippen LogP) is 3.80. The molecule has 0 fully saturated rings. The minimum Gasteiger partial charge on any atom is -0.389 e. The Hall–Kier alpha value is -1.30. The number of anilines is 1. The van der Waals surface area contributed by atoms with E-state index in [1.54, 1.807) is 6.07 Å². The highest BCUT2D eigenvalue weighted by atomic mass is 32.1. The summed E-state index contributed by atoms with van der Waals surface area (Å²) in [4.78, 5) is -0.255. The van der Waals surface area contributed by atoms with Gasteiger partial charge in [-0.15, -0.1) is 0 Å². The van der Waals surface area contributed by atoms with E-state index in [0.717, 1.165) is 6.07 Å². The van der Waals surface area contributed by atoms with E-state index in [2.05, 4.69) is 17.5 Å². The van der Waals surface area contributed by atoms with Crippen LogP contribution in [-0.2, 0) is 6.18 Å². The Balaban J connectivity index is 3.09. The van der Waals surface area contributed by atoms with Crippen LogP contribution in [0.5, 0.6) is 0 Å². The molecule has 0 saturated heterocycles. The second kappa shape index (κ2) is 5.36. The summed E-state index contributed by atoms with van der Waals surface area (Å²) < 4.78 is 38.8. The lowest BCUT2D eigenvalue weighted by atomic mass is 9.96. The molecule has 0 atom stereocenters. The van der Waals surface area contributed by atoms with Gasteiger partial charge in [0.2, 0.25) is 0 Å². The Kier molecular flexibility index (Phi) is 4.45. The zero-order chi connectivity index (χ0) is 14.8. The molecule has 1 aromatic rings. The number of hydrogen-bond acceptors (Lipinski definition) is 2. The van der Waals surface area contributed by atoms with Crippen molar-refractivity contribution in [3.8, 4) is 0 Å². The van der Waals surface area contributed by atoms with Crippen molar-refractivity contribution in [3.63, 3.8) is 0 Å². The molecule has 0 radical (unpaired) electrons. The van der Waals surface area contributed by atoms with E-state index in [4.69, 9.17) is 5.73 Å². The van der Waals surface area contributed by atoms with Gasteiger partial charge in [-0.25, -0.2) is 0 Å². The van der Waals surface area contributed by atoms with Crippen molar-refractivity contribution in [2.24, 2.45) is 11.1 Å². The Bertz CT molecular complexity index is 476. The van der Waals surface area contributed by atoms with Crippen molar-refractivity contribution in [1.29, 1.82) is 0 Å². The number of thiocarbonyl (C=S) groups is 1. The molecule has 106 valence electrons. The number of halogens is 3. The first-order valence-corrected chi connectivity index (χ1v) is 6.16. The summed E-state index contributed by atoms with van der Waals surface area (Å²) in [6, 6.07) is 3.89. The van der Waals surface area contributed by atoms with E-state index in [1.807, 2.05) is 20.8 Å². The summed E-state index contributed by atoms with van der Waals surface area (Å²) in [5, 5.41) is 2.98. The monoisotopic (exact) mass is 290 g/mol. The highest BCUT2D eigenvalue weighted by Gasteiger charge is 2.34. The molecule has 0 heterocycles. The average molecular weight is 290 g/mol. The molecular formula is C13H17F3N2S. The number of hydrogen-bond donors (Lipinski definition) is 2. The smallest absolute Gasteiger partial charge is 0.389 e. The van der Waals surface area contributed by atoms with E-state index < -0.39 is 11.7 Å². The van der Waals surface area contributed by atoms with Crippen LogP contribution in [0.15, 0.2) is 18.2 Å². The number of rotatable bonds is 3. The maximum atomic E-state index is 12.9. The molecule has 3 N–H and O–H groups in total. The summed E-state index contributed by atoms with van der Waals surface area (Å²) in [5.41, 5.74) is 4.74. The second-order valence-corrected chi connectivity index (χ2v) is 5.98. The molecule has 0 unspecified atom stereocenters.